The van der Waals surface area contributed by atoms with Gasteiger partial charge in [-0.15, -0.1) is 0 Å². The van der Waals surface area contributed by atoms with Crippen molar-refractivity contribution in [3.05, 3.63) is 58.0 Å². The zero-order valence-electron chi connectivity index (χ0n) is 13.4. The van der Waals surface area contributed by atoms with Crippen molar-refractivity contribution in [2.45, 2.75) is 25.3 Å². The number of pyridine rings is 1. The Balaban J connectivity index is 1.67. The minimum absolute atomic E-state index is 0.0579. The normalized spacial score (nSPS) is 19.2. The maximum absolute atomic E-state index is 13.2. The number of nitrogens with one attached hydrogen (secondary N) is 1. The van der Waals surface area contributed by atoms with Crippen LogP contribution in [-0.2, 0) is 4.79 Å². The summed E-state index contributed by atoms with van der Waals surface area (Å²) < 4.78 is 1.02. The zero-order valence-corrected chi connectivity index (χ0v) is 15.0. The largest absolute Gasteiger partial charge is 0.290 e. The maximum atomic E-state index is 13.2. The highest BCUT2D eigenvalue weighted by atomic mass is 79.9. The van der Waals surface area contributed by atoms with Crippen molar-refractivity contribution in [1.82, 2.24) is 15.4 Å². The van der Waals surface area contributed by atoms with Gasteiger partial charge in [0.2, 0.25) is 0 Å². The highest BCUT2D eigenvalue weighted by molar-refractivity contribution is 9.11. The highest BCUT2D eigenvalue weighted by Gasteiger charge is 2.33. The van der Waals surface area contributed by atoms with Crippen LogP contribution in [0.3, 0.4) is 0 Å². The SMILES string of the molecule is N#Cc1ccc(N(C(=O)C2=CC3=C(Br)CNN3C=C2)C2CCC2)nc1. The summed E-state index contributed by atoms with van der Waals surface area (Å²) in [5.74, 6) is 0.542. The van der Waals surface area contributed by atoms with Crippen LogP contribution in [0.4, 0.5) is 5.82 Å². The summed E-state index contributed by atoms with van der Waals surface area (Å²) in [7, 11) is 0. The average molecular weight is 398 g/mol. The number of fused-ring (bicyclic) bond motifs is 1. The van der Waals surface area contributed by atoms with Gasteiger partial charge in [-0.2, -0.15) is 5.26 Å². The Bertz CT molecular complexity index is 845. The van der Waals surface area contributed by atoms with Crippen LogP contribution in [0.5, 0.6) is 0 Å². The molecule has 0 saturated heterocycles. The molecule has 1 aromatic rings. The molecule has 1 aliphatic carbocycles. The summed E-state index contributed by atoms with van der Waals surface area (Å²) in [6, 6.07) is 5.68. The molecule has 0 aromatic carbocycles. The molecule has 3 heterocycles. The van der Waals surface area contributed by atoms with Crippen LogP contribution in [0.2, 0.25) is 0 Å². The second kappa shape index (κ2) is 6.47. The molecule has 0 bridgehead atoms. The van der Waals surface area contributed by atoms with Crippen LogP contribution < -0.4 is 10.3 Å². The molecule has 0 radical (unpaired) electrons. The first-order chi connectivity index (χ1) is 12.2. The fraction of sp³-hybridized carbons (Fsp3) is 0.278. The lowest BCUT2D eigenvalue weighted by Gasteiger charge is -2.37. The van der Waals surface area contributed by atoms with Gasteiger partial charge in [0.25, 0.3) is 5.91 Å². The molecule has 1 aromatic heterocycles. The van der Waals surface area contributed by atoms with Crippen molar-refractivity contribution in [2.24, 2.45) is 0 Å². The Morgan fingerprint density at radius 3 is 2.92 bits per heavy atom. The third-order valence-corrected chi connectivity index (χ3v) is 5.35. The topological polar surface area (TPSA) is 72.3 Å². The summed E-state index contributed by atoms with van der Waals surface area (Å²) in [5, 5.41) is 10.8. The molecule has 7 heteroatoms. The quantitative estimate of drug-likeness (QED) is 0.848. The summed E-state index contributed by atoms with van der Waals surface area (Å²) in [4.78, 5) is 19.3. The molecule has 1 N–H and O–H groups in total. The molecule has 3 aliphatic rings. The van der Waals surface area contributed by atoms with E-state index in [-0.39, 0.29) is 11.9 Å². The Kier molecular flexibility index (Phi) is 4.15. The van der Waals surface area contributed by atoms with Gasteiger partial charge < -0.3 is 0 Å². The highest BCUT2D eigenvalue weighted by Crippen LogP contribution is 2.32. The van der Waals surface area contributed by atoms with E-state index in [1.807, 2.05) is 23.4 Å². The first kappa shape index (κ1) is 16.1. The molecule has 0 spiro atoms. The van der Waals surface area contributed by atoms with Crippen LogP contribution in [0, 0.1) is 11.3 Å². The summed E-state index contributed by atoms with van der Waals surface area (Å²) >= 11 is 3.54. The summed E-state index contributed by atoms with van der Waals surface area (Å²) in [6.07, 6.45) is 10.2. The Morgan fingerprint density at radius 1 is 1.44 bits per heavy atom. The van der Waals surface area contributed by atoms with Crippen molar-refractivity contribution < 1.29 is 4.79 Å². The fourth-order valence-corrected chi connectivity index (χ4v) is 3.49. The minimum atomic E-state index is -0.0579. The van der Waals surface area contributed by atoms with Crippen LogP contribution in [-0.4, -0.2) is 28.5 Å². The average Bonchev–Trinajstić information content (AvgIpc) is 2.98. The molecule has 126 valence electrons. The van der Waals surface area contributed by atoms with Gasteiger partial charge in [-0.25, -0.2) is 10.4 Å². The lowest BCUT2D eigenvalue weighted by molar-refractivity contribution is -0.115. The van der Waals surface area contributed by atoms with Crippen molar-refractivity contribution in [3.63, 3.8) is 0 Å². The van der Waals surface area contributed by atoms with Crippen LogP contribution >= 0.6 is 15.9 Å². The maximum Gasteiger partial charge on any atom is 0.259 e. The minimum Gasteiger partial charge on any atom is -0.290 e. The van der Waals surface area contributed by atoms with Crippen LogP contribution in [0.1, 0.15) is 24.8 Å². The van der Waals surface area contributed by atoms with Gasteiger partial charge in [0, 0.05) is 35.0 Å². The van der Waals surface area contributed by atoms with Crippen molar-refractivity contribution in [2.75, 3.05) is 11.4 Å². The number of hydrazine groups is 1. The van der Waals surface area contributed by atoms with Crippen LogP contribution in [0.15, 0.2) is 52.4 Å². The number of halogens is 1. The molecule has 25 heavy (non-hydrogen) atoms. The fourth-order valence-electron chi connectivity index (χ4n) is 3.06. The first-order valence-corrected chi connectivity index (χ1v) is 8.97. The predicted octanol–water partition coefficient (Wildman–Crippen LogP) is 2.72. The third-order valence-electron chi connectivity index (χ3n) is 4.67. The van der Waals surface area contributed by atoms with E-state index in [9.17, 15) is 4.79 Å². The number of carbonyl (C=O) groups excluding carboxylic acids is 1. The molecular weight excluding hydrogens is 382 g/mol. The molecule has 2 aliphatic heterocycles. The monoisotopic (exact) mass is 397 g/mol. The Labute approximate surface area is 154 Å². The lowest BCUT2D eigenvalue weighted by Crippen LogP contribution is -2.45. The predicted molar refractivity (Wildman–Crippen MR) is 97.1 cm³/mol. The van der Waals surface area contributed by atoms with E-state index in [1.54, 1.807) is 17.0 Å². The van der Waals surface area contributed by atoms with E-state index in [4.69, 9.17) is 5.26 Å². The van der Waals surface area contributed by atoms with Crippen molar-refractivity contribution in [1.29, 1.82) is 5.26 Å². The number of anilines is 1. The van der Waals surface area contributed by atoms with Gasteiger partial charge in [-0.05, 0) is 43.5 Å². The summed E-state index contributed by atoms with van der Waals surface area (Å²) in [6.45, 7) is 0.709. The molecule has 0 atom stereocenters. The molecule has 1 fully saturated rings. The van der Waals surface area contributed by atoms with E-state index < -0.39 is 0 Å². The second-order valence-electron chi connectivity index (χ2n) is 6.19. The van der Waals surface area contributed by atoms with Crippen LogP contribution in [0.25, 0.3) is 0 Å². The zero-order chi connectivity index (χ0) is 17.4. The summed E-state index contributed by atoms with van der Waals surface area (Å²) in [5.41, 5.74) is 5.27. The van der Waals surface area contributed by atoms with Gasteiger partial charge in [0.15, 0.2) is 0 Å². The first-order valence-electron chi connectivity index (χ1n) is 8.18. The van der Waals surface area contributed by atoms with E-state index in [0.29, 0.717) is 23.5 Å². The number of amides is 1. The number of allylic oxidation sites excluding steroid dienone is 1. The number of aromatic nitrogens is 1. The molecule has 6 nitrogen and oxygen atoms in total. The van der Waals surface area contributed by atoms with Gasteiger partial charge in [0.05, 0.1) is 11.3 Å². The van der Waals surface area contributed by atoms with Crippen molar-refractivity contribution in [3.8, 4) is 6.07 Å². The Hall–Kier alpha value is -2.43. The number of rotatable bonds is 3. The van der Waals surface area contributed by atoms with Crippen molar-refractivity contribution >= 4 is 27.7 Å². The number of hydrogen-bond acceptors (Lipinski definition) is 5. The van der Waals surface area contributed by atoms with Gasteiger partial charge >= 0.3 is 0 Å². The van der Waals surface area contributed by atoms with E-state index in [1.165, 1.54) is 6.20 Å². The Morgan fingerprint density at radius 2 is 2.28 bits per heavy atom. The molecule has 4 rings (SSSR count). The molecule has 1 amide bonds. The van der Waals surface area contributed by atoms with Gasteiger partial charge in [0.1, 0.15) is 11.9 Å². The number of nitriles is 1. The van der Waals surface area contributed by atoms with E-state index in [0.717, 1.165) is 29.4 Å². The number of hydrogen-bond donors (Lipinski definition) is 1. The molecular formula is C18H16BrN5O. The standard InChI is InChI=1S/C18H16BrN5O/c19-15-11-22-23-7-6-13(8-16(15)23)18(25)24(14-2-1-3-14)17-5-4-12(9-20)10-21-17/h4-8,10,14,22H,1-3,11H2. The smallest absolute Gasteiger partial charge is 0.259 e. The number of carbonyl (C=O) groups is 1. The number of nitrogens with zero attached hydrogens (tertiary/aromatic N) is 4. The molecule has 1 saturated carbocycles. The van der Waals surface area contributed by atoms with Gasteiger partial charge in [-0.3, -0.25) is 14.7 Å². The van der Waals surface area contributed by atoms with E-state index >= 15 is 0 Å². The second-order valence-corrected chi connectivity index (χ2v) is 7.14. The van der Waals surface area contributed by atoms with E-state index in [2.05, 4.69) is 32.4 Å². The molecule has 0 unspecified atom stereocenters. The third kappa shape index (κ3) is 2.88. The lowest BCUT2D eigenvalue weighted by atomic mass is 9.90. The van der Waals surface area contributed by atoms with Gasteiger partial charge in [-0.1, -0.05) is 15.9 Å².